The van der Waals surface area contributed by atoms with Crippen molar-refractivity contribution in [2.24, 2.45) is 0 Å². The van der Waals surface area contributed by atoms with E-state index < -0.39 is 0 Å². The molecule has 1 heterocycles. The molecule has 0 unspecified atom stereocenters. The Morgan fingerprint density at radius 3 is 2.48 bits per heavy atom. The summed E-state index contributed by atoms with van der Waals surface area (Å²) in [5.41, 5.74) is 0.773. The van der Waals surface area contributed by atoms with Crippen LogP contribution in [0.25, 0.3) is 0 Å². The summed E-state index contributed by atoms with van der Waals surface area (Å²) >= 11 is 0. The van der Waals surface area contributed by atoms with Crippen molar-refractivity contribution in [2.45, 2.75) is 13.3 Å². The first-order valence-corrected chi connectivity index (χ1v) is 6.70. The van der Waals surface area contributed by atoms with Crippen LogP contribution in [0, 0.1) is 0 Å². The van der Waals surface area contributed by atoms with Gasteiger partial charge in [0.25, 0.3) is 0 Å². The third kappa shape index (κ3) is 3.95. The van der Waals surface area contributed by atoms with Crippen LogP contribution in [0.2, 0.25) is 0 Å². The number of hydrogen-bond acceptors (Lipinski definition) is 7. The smallest absolute Gasteiger partial charge is 0.322 e. The number of nitrogens with one attached hydrogen (secondary N) is 2. The minimum absolute atomic E-state index is 0.251. The molecule has 21 heavy (non-hydrogen) atoms. The summed E-state index contributed by atoms with van der Waals surface area (Å²) in [7, 11) is 3.13. The third-order valence-electron chi connectivity index (χ3n) is 2.68. The minimum Gasteiger partial charge on any atom is -0.495 e. The van der Waals surface area contributed by atoms with E-state index in [0.29, 0.717) is 17.6 Å². The summed E-state index contributed by atoms with van der Waals surface area (Å²) in [5, 5.41) is 6.22. The molecule has 7 heteroatoms. The molecule has 0 saturated heterocycles. The predicted octanol–water partition coefficient (Wildman–Crippen LogP) is 2.45. The second-order valence-corrected chi connectivity index (χ2v) is 4.22. The van der Waals surface area contributed by atoms with Crippen LogP contribution < -0.4 is 20.1 Å². The average molecular weight is 289 g/mol. The molecule has 1 aromatic heterocycles. The molecule has 7 nitrogen and oxygen atoms in total. The van der Waals surface area contributed by atoms with E-state index in [1.165, 1.54) is 7.11 Å². The van der Waals surface area contributed by atoms with E-state index in [2.05, 4.69) is 32.5 Å². The van der Waals surface area contributed by atoms with Gasteiger partial charge in [-0.25, -0.2) is 0 Å². The van der Waals surface area contributed by atoms with E-state index in [1.54, 1.807) is 7.11 Å². The topological polar surface area (TPSA) is 81.2 Å². The van der Waals surface area contributed by atoms with E-state index in [0.717, 1.165) is 18.7 Å². The van der Waals surface area contributed by atoms with Gasteiger partial charge in [0.2, 0.25) is 11.9 Å². The van der Waals surface area contributed by atoms with Crippen LogP contribution in [-0.4, -0.2) is 35.7 Å². The van der Waals surface area contributed by atoms with Crippen molar-refractivity contribution < 1.29 is 9.47 Å². The first-order chi connectivity index (χ1) is 10.3. The van der Waals surface area contributed by atoms with E-state index in [1.807, 2.05) is 24.3 Å². The molecule has 0 bridgehead atoms. The highest BCUT2D eigenvalue weighted by Gasteiger charge is 2.09. The standard InChI is InChI=1S/C14H19N5O2/c1-4-9-15-12-17-13(19-14(18-12)21-3)16-10-7-5-6-8-11(10)20-2/h5-8H,4,9H2,1-3H3,(H2,15,16,17,18,19). The van der Waals surface area contributed by atoms with Crippen molar-refractivity contribution in [3.63, 3.8) is 0 Å². The molecule has 2 rings (SSSR count). The lowest BCUT2D eigenvalue weighted by Gasteiger charge is -2.11. The van der Waals surface area contributed by atoms with Crippen molar-refractivity contribution in [2.75, 3.05) is 31.4 Å². The van der Waals surface area contributed by atoms with Gasteiger partial charge in [-0.15, -0.1) is 0 Å². The highest BCUT2D eigenvalue weighted by Crippen LogP contribution is 2.26. The lowest BCUT2D eigenvalue weighted by molar-refractivity contribution is 0.379. The number of anilines is 3. The maximum Gasteiger partial charge on any atom is 0.322 e. The number of rotatable bonds is 7. The van der Waals surface area contributed by atoms with Gasteiger partial charge >= 0.3 is 6.01 Å². The summed E-state index contributed by atoms with van der Waals surface area (Å²) < 4.78 is 10.4. The van der Waals surface area contributed by atoms with Gasteiger partial charge < -0.3 is 20.1 Å². The highest BCUT2D eigenvalue weighted by molar-refractivity contribution is 5.62. The first-order valence-electron chi connectivity index (χ1n) is 6.70. The molecule has 2 N–H and O–H groups in total. The first kappa shape index (κ1) is 14.8. The van der Waals surface area contributed by atoms with Gasteiger partial charge in [-0.2, -0.15) is 15.0 Å². The van der Waals surface area contributed by atoms with Gasteiger partial charge in [0, 0.05) is 6.54 Å². The van der Waals surface area contributed by atoms with Gasteiger partial charge in [0.15, 0.2) is 0 Å². The lowest BCUT2D eigenvalue weighted by Crippen LogP contribution is -2.09. The summed E-state index contributed by atoms with van der Waals surface area (Å²) in [6, 6.07) is 7.79. The van der Waals surface area contributed by atoms with Crippen LogP contribution in [0.15, 0.2) is 24.3 Å². The Kier molecular flexibility index (Phi) is 5.14. The molecule has 0 aliphatic carbocycles. The SMILES string of the molecule is CCCNc1nc(Nc2ccccc2OC)nc(OC)n1. The van der Waals surface area contributed by atoms with Crippen LogP contribution in [0.4, 0.5) is 17.6 Å². The minimum atomic E-state index is 0.251. The van der Waals surface area contributed by atoms with Gasteiger partial charge in [0.1, 0.15) is 5.75 Å². The second-order valence-electron chi connectivity index (χ2n) is 4.22. The molecule has 0 amide bonds. The Hall–Kier alpha value is -2.57. The molecule has 0 atom stereocenters. The molecule has 0 aliphatic rings. The summed E-state index contributed by atoms with van der Waals surface area (Å²) in [6.45, 7) is 2.85. The van der Waals surface area contributed by atoms with Gasteiger partial charge in [0.05, 0.1) is 19.9 Å². The van der Waals surface area contributed by atoms with Gasteiger partial charge in [-0.3, -0.25) is 0 Å². The predicted molar refractivity (Wildman–Crippen MR) is 81.4 cm³/mol. The molecule has 0 aliphatic heterocycles. The zero-order valence-corrected chi connectivity index (χ0v) is 12.4. The summed E-state index contributed by atoms with van der Waals surface area (Å²) in [4.78, 5) is 12.6. The molecule has 112 valence electrons. The third-order valence-corrected chi connectivity index (χ3v) is 2.68. The fourth-order valence-electron chi connectivity index (χ4n) is 1.69. The van der Waals surface area contributed by atoms with Gasteiger partial charge in [-0.05, 0) is 18.6 Å². The number of nitrogens with zero attached hydrogens (tertiary/aromatic N) is 3. The zero-order chi connectivity index (χ0) is 15.1. The second kappa shape index (κ2) is 7.28. The van der Waals surface area contributed by atoms with Crippen LogP contribution in [0.3, 0.4) is 0 Å². The van der Waals surface area contributed by atoms with Crippen molar-refractivity contribution in [1.29, 1.82) is 0 Å². The van der Waals surface area contributed by atoms with E-state index in [-0.39, 0.29) is 6.01 Å². The van der Waals surface area contributed by atoms with Crippen LogP contribution in [0.1, 0.15) is 13.3 Å². The fourth-order valence-corrected chi connectivity index (χ4v) is 1.69. The van der Waals surface area contributed by atoms with Crippen LogP contribution >= 0.6 is 0 Å². The van der Waals surface area contributed by atoms with E-state index >= 15 is 0 Å². The molecule has 0 spiro atoms. The molecule has 1 aromatic carbocycles. The number of ether oxygens (including phenoxy) is 2. The molecule has 2 aromatic rings. The maximum absolute atomic E-state index is 5.29. The van der Waals surface area contributed by atoms with Crippen molar-refractivity contribution in [3.05, 3.63) is 24.3 Å². The van der Waals surface area contributed by atoms with E-state index in [4.69, 9.17) is 9.47 Å². The van der Waals surface area contributed by atoms with Crippen LogP contribution in [0.5, 0.6) is 11.8 Å². The number of para-hydroxylation sites is 2. The summed E-state index contributed by atoms with van der Waals surface area (Å²) in [5.74, 6) is 1.57. The van der Waals surface area contributed by atoms with Crippen molar-refractivity contribution in [3.8, 4) is 11.8 Å². The number of hydrogen-bond donors (Lipinski definition) is 2. The molecule has 0 fully saturated rings. The normalized spacial score (nSPS) is 10.0. The molecule has 0 radical (unpaired) electrons. The highest BCUT2D eigenvalue weighted by atomic mass is 16.5. The molecular weight excluding hydrogens is 270 g/mol. The number of benzene rings is 1. The van der Waals surface area contributed by atoms with Crippen LogP contribution in [-0.2, 0) is 0 Å². The number of methoxy groups -OCH3 is 2. The molecular formula is C14H19N5O2. The largest absolute Gasteiger partial charge is 0.495 e. The average Bonchev–Trinajstić information content (AvgIpc) is 2.53. The molecule has 0 saturated carbocycles. The Morgan fingerprint density at radius 1 is 1.00 bits per heavy atom. The Labute approximate surface area is 123 Å². The summed E-state index contributed by atoms with van der Waals surface area (Å²) in [6.07, 6.45) is 0.975. The van der Waals surface area contributed by atoms with Gasteiger partial charge in [-0.1, -0.05) is 19.1 Å². The maximum atomic E-state index is 5.29. The van der Waals surface area contributed by atoms with Crippen molar-refractivity contribution in [1.82, 2.24) is 15.0 Å². The quantitative estimate of drug-likeness (QED) is 0.810. The zero-order valence-electron chi connectivity index (χ0n) is 12.4. The fraction of sp³-hybridized carbons (Fsp3) is 0.357. The monoisotopic (exact) mass is 289 g/mol. The van der Waals surface area contributed by atoms with Crippen molar-refractivity contribution >= 4 is 17.6 Å². The Bertz CT molecular complexity index is 591. The lowest BCUT2D eigenvalue weighted by atomic mass is 10.3. The number of aromatic nitrogens is 3. The van der Waals surface area contributed by atoms with E-state index in [9.17, 15) is 0 Å². The Balaban J connectivity index is 2.25. The Morgan fingerprint density at radius 2 is 1.76 bits per heavy atom.